The standard InChI is InChI=1S/C26H30N2O3S2/c1-4-5-8-17-26(28(3)33(30,31)25-20-18-22(2)19-21-25)27-32(29,23-13-9-6-10-14-23)24-15-11-7-12-16-24/h6-7,9-21H,4-5,8H2,1-3H3/b26-17+. The molecule has 0 amide bonds. The van der Waals surface area contributed by atoms with E-state index in [9.17, 15) is 13.0 Å². The summed E-state index contributed by atoms with van der Waals surface area (Å²) in [4.78, 5) is 1.22. The number of sulfonamides is 1. The van der Waals surface area contributed by atoms with Crippen molar-refractivity contribution in [3.8, 4) is 0 Å². The van der Waals surface area contributed by atoms with Crippen LogP contribution in [0.3, 0.4) is 0 Å². The second-order valence-electron chi connectivity index (χ2n) is 7.73. The fraction of sp³-hybridized carbons (Fsp3) is 0.231. The molecule has 0 fully saturated rings. The van der Waals surface area contributed by atoms with Crippen molar-refractivity contribution in [2.45, 2.75) is 47.8 Å². The van der Waals surface area contributed by atoms with Crippen LogP contribution < -0.4 is 0 Å². The lowest BCUT2D eigenvalue weighted by atomic mass is 10.2. The zero-order valence-electron chi connectivity index (χ0n) is 19.2. The van der Waals surface area contributed by atoms with Gasteiger partial charge < -0.3 is 4.55 Å². The number of hydrogen-bond acceptors (Lipinski definition) is 4. The van der Waals surface area contributed by atoms with E-state index in [1.165, 1.54) is 7.05 Å². The number of aryl methyl sites for hydroxylation is 1. The monoisotopic (exact) mass is 482 g/mol. The van der Waals surface area contributed by atoms with Crippen molar-refractivity contribution in [2.24, 2.45) is 4.36 Å². The molecular formula is C26H30N2O3S2. The van der Waals surface area contributed by atoms with Gasteiger partial charge in [-0.25, -0.2) is 12.7 Å². The molecule has 0 heterocycles. The number of hydrogen-bond donors (Lipinski definition) is 0. The number of unbranched alkanes of at least 4 members (excludes halogenated alkanes) is 2. The zero-order valence-corrected chi connectivity index (χ0v) is 20.9. The molecule has 3 aromatic carbocycles. The molecule has 0 aliphatic carbocycles. The molecule has 7 heteroatoms. The molecule has 0 saturated heterocycles. The lowest BCUT2D eigenvalue weighted by Gasteiger charge is -2.25. The molecule has 174 valence electrons. The van der Waals surface area contributed by atoms with E-state index in [1.54, 1.807) is 78.9 Å². The summed E-state index contributed by atoms with van der Waals surface area (Å²) in [7, 11) is -5.54. The fourth-order valence-corrected chi connectivity index (χ4v) is 6.44. The van der Waals surface area contributed by atoms with Gasteiger partial charge in [0.15, 0.2) is 5.82 Å². The summed E-state index contributed by atoms with van der Waals surface area (Å²) in [5.41, 5.74) is 0.969. The Balaban J connectivity index is 2.19. The first-order valence-electron chi connectivity index (χ1n) is 10.9. The Morgan fingerprint density at radius 2 is 1.45 bits per heavy atom. The minimum Gasteiger partial charge on any atom is -0.622 e. The van der Waals surface area contributed by atoms with Crippen LogP contribution in [0.1, 0.15) is 31.7 Å². The van der Waals surface area contributed by atoms with Crippen molar-refractivity contribution in [3.63, 3.8) is 0 Å². The topological polar surface area (TPSA) is 72.8 Å². The summed E-state index contributed by atoms with van der Waals surface area (Å²) in [6.45, 7) is 3.97. The largest absolute Gasteiger partial charge is 0.622 e. The Morgan fingerprint density at radius 1 is 0.939 bits per heavy atom. The Morgan fingerprint density at radius 3 is 1.94 bits per heavy atom. The minimum absolute atomic E-state index is 0.165. The van der Waals surface area contributed by atoms with E-state index in [0.29, 0.717) is 16.2 Å². The van der Waals surface area contributed by atoms with Crippen LogP contribution in [0.2, 0.25) is 0 Å². The van der Waals surface area contributed by atoms with Gasteiger partial charge in [0.25, 0.3) is 10.0 Å². The van der Waals surface area contributed by atoms with E-state index in [-0.39, 0.29) is 10.7 Å². The SMILES string of the molecule is CCCC/C=C(\N=[S+]([O-])(c1ccccc1)c1ccccc1)N(C)S(=O)(=O)c1ccc(C)cc1. The van der Waals surface area contributed by atoms with Gasteiger partial charge in [0.05, 0.1) is 4.90 Å². The van der Waals surface area contributed by atoms with Gasteiger partial charge in [-0.1, -0.05) is 71.8 Å². The molecule has 0 saturated carbocycles. The maximum absolute atomic E-state index is 14.4. The van der Waals surface area contributed by atoms with Gasteiger partial charge in [-0.15, -0.1) is 0 Å². The molecule has 0 N–H and O–H groups in total. The van der Waals surface area contributed by atoms with E-state index in [2.05, 4.69) is 11.3 Å². The summed E-state index contributed by atoms with van der Waals surface area (Å²) < 4.78 is 47.0. The predicted molar refractivity (Wildman–Crippen MR) is 134 cm³/mol. The van der Waals surface area contributed by atoms with Crippen LogP contribution in [0.15, 0.2) is 116 Å². The van der Waals surface area contributed by atoms with E-state index in [1.807, 2.05) is 19.1 Å². The molecule has 3 rings (SSSR count). The Hall–Kier alpha value is -2.74. The number of nitrogens with zero attached hydrogens (tertiary/aromatic N) is 2. The van der Waals surface area contributed by atoms with E-state index < -0.39 is 20.1 Å². The van der Waals surface area contributed by atoms with Crippen molar-refractivity contribution in [2.75, 3.05) is 7.05 Å². The van der Waals surface area contributed by atoms with E-state index in [4.69, 9.17) is 0 Å². The van der Waals surface area contributed by atoms with E-state index >= 15 is 0 Å². The highest BCUT2D eigenvalue weighted by molar-refractivity contribution is 8.00. The molecule has 0 radical (unpaired) electrons. The van der Waals surface area contributed by atoms with E-state index in [0.717, 1.165) is 22.7 Å². The molecule has 0 bridgehead atoms. The van der Waals surface area contributed by atoms with Gasteiger partial charge in [0.2, 0.25) is 0 Å². The molecule has 3 aromatic rings. The van der Waals surface area contributed by atoms with Crippen LogP contribution in [-0.2, 0) is 20.1 Å². The van der Waals surface area contributed by atoms with Crippen LogP contribution in [0.5, 0.6) is 0 Å². The number of allylic oxidation sites excluding steroid dienone is 1. The average Bonchev–Trinajstić information content (AvgIpc) is 2.84. The molecule has 0 aliphatic heterocycles. The van der Waals surface area contributed by atoms with Gasteiger partial charge in [0, 0.05) is 7.05 Å². The first kappa shape index (κ1) is 24.9. The molecular weight excluding hydrogens is 452 g/mol. The maximum atomic E-state index is 14.4. The highest BCUT2D eigenvalue weighted by Crippen LogP contribution is 2.32. The molecule has 0 unspecified atom stereocenters. The molecule has 33 heavy (non-hydrogen) atoms. The zero-order chi connectivity index (χ0) is 23.9. The Bertz CT molecular complexity index is 1190. The van der Waals surface area contributed by atoms with Crippen LogP contribution in [0.25, 0.3) is 0 Å². The summed E-state index contributed by atoms with van der Waals surface area (Å²) in [6, 6.07) is 24.6. The van der Waals surface area contributed by atoms with Crippen molar-refractivity contribution in [3.05, 3.63) is 102 Å². The second-order valence-corrected chi connectivity index (χ2v) is 11.9. The van der Waals surface area contributed by atoms with Gasteiger partial charge in [-0.05, 0) is 72.3 Å². The summed E-state index contributed by atoms with van der Waals surface area (Å²) in [6.07, 6.45) is 4.21. The lowest BCUT2D eigenvalue weighted by Crippen LogP contribution is -2.27. The van der Waals surface area contributed by atoms with Crippen molar-refractivity contribution in [1.82, 2.24) is 4.31 Å². The number of rotatable bonds is 9. The normalized spacial score (nSPS) is 12.4. The minimum atomic E-state index is -3.88. The van der Waals surface area contributed by atoms with Gasteiger partial charge in [-0.2, -0.15) is 0 Å². The highest BCUT2D eigenvalue weighted by atomic mass is 32.3. The summed E-state index contributed by atoms with van der Waals surface area (Å²) in [5.74, 6) is 0.168. The van der Waals surface area contributed by atoms with Crippen LogP contribution >= 0.6 is 0 Å². The van der Waals surface area contributed by atoms with Gasteiger partial charge in [-0.3, -0.25) is 0 Å². The third kappa shape index (κ3) is 5.79. The van der Waals surface area contributed by atoms with Crippen molar-refractivity contribution >= 4 is 20.1 Å². The quantitative estimate of drug-likeness (QED) is 0.268. The first-order chi connectivity index (χ1) is 15.8. The smallest absolute Gasteiger partial charge is 0.265 e. The molecule has 0 aromatic heterocycles. The summed E-state index contributed by atoms with van der Waals surface area (Å²) >= 11 is 0. The summed E-state index contributed by atoms with van der Waals surface area (Å²) in [5, 5.41) is 0. The first-order valence-corrected chi connectivity index (χ1v) is 13.9. The fourth-order valence-electron chi connectivity index (χ4n) is 3.23. The maximum Gasteiger partial charge on any atom is 0.265 e. The second kappa shape index (κ2) is 10.9. The molecule has 0 spiro atoms. The van der Waals surface area contributed by atoms with Crippen LogP contribution in [-0.4, -0.2) is 24.3 Å². The van der Waals surface area contributed by atoms with Crippen LogP contribution in [0, 0.1) is 6.92 Å². The van der Waals surface area contributed by atoms with Crippen molar-refractivity contribution in [1.29, 1.82) is 0 Å². The molecule has 5 nitrogen and oxygen atoms in total. The highest BCUT2D eigenvalue weighted by Gasteiger charge is 2.28. The van der Waals surface area contributed by atoms with Crippen molar-refractivity contribution < 1.29 is 13.0 Å². The van der Waals surface area contributed by atoms with Gasteiger partial charge >= 0.3 is 0 Å². The predicted octanol–water partition coefficient (Wildman–Crippen LogP) is 6.23. The Labute approximate surface area is 198 Å². The third-order valence-electron chi connectivity index (χ3n) is 5.23. The molecule has 0 atom stereocenters. The third-order valence-corrected chi connectivity index (χ3v) is 9.28. The Kier molecular flexibility index (Phi) is 8.24. The lowest BCUT2D eigenvalue weighted by molar-refractivity contribution is 0.517. The number of benzene rings is 3. The molecule has 0 aliphatic rings. The van der Waals surface area contributed by atoms with Gasteiger partial charge in [0.1, 0.15) is 9.79 Å². The van der Waals surface area contributed by atoms with Crippen LogP contribution in [0.4, 0.5) is 0 Å². The average molecular weight is 483 g/mol.